The second-order valence-corrected chi connectivity index (χ2v) is 5.19. The maximum absolute atomic E-state index is 5.52. The lowest BCUT2D eigenvalue weighted by Crippen LogP contribution is -2.17. The molecule has 1 aromatic carbocycles. The number of methoxy groups -OCH3 is 1. The van der Waals surface area contributed by atoms with Crippen LogP contribution in [-0.2, 0) is 16.1 Å². The lowest BCUT2D eigenvalue weighted by molar-refractivity contribution is 0.00345. The summed E-state index contributed by atoms with van der Waals surface area (Å²) in [6, 6.07) is 4.00. The van der Waals surface area contributed by atoms with Gasteiger partial charge in [0.1, 0.15) is 5.75 Å². The molecule has 0 unspecified atom stereocenters. The second kappa shape index (κ2) is 8.87. The van der Waals surface area contributed by atoms with E-state index in [1.165, 1.54) is 0 Å². The lowest BCUT2D eigenvalue weighted by Gasteiger charge is -2.11. The third kappa shape index (κ3) is 5.24. The van der Waals surface area contributed by atoms with Crippen molar-refractivity contribution in [1.82, 2.24) is 5.48 Å². The molecule has 102 valence electrons. The predicted octanol–water partition coefficient (Wildman–Crippen LogP) is 3.28. The van der Waals surface area contributed by atoms with Crippen molar-refractivity contribution in [1.29, 1.82) is 0 Å². The monoisotopic (exact) mass is 381 g/mol. The van der Waals surface area contributed by atoms with Crippen molar-refractivity contribution >= 4 is 31.9 Å². The Kier molecular flexibility index (Phi) is 7.85. The fraction of sp³-hybridized carbons (Fsp3) is 0.500. The van der Waals surface area contributed by atoms with E-state index in [-0.39, 0.29) is 0 Å². The van der Waals surface area contributed by atoms with Gasteiger partial charge in [0.25, 0.3) is 0 Å². The minimum Gasteiger partial charge on any atom is -0.492 e. The molecule has 18 heavy (non-hydrogen) atoms. The zero-order valence-corrected chi connectivity index (χ0v) is 13.6. The number of benzene rings is 1. The zero-order valence-electron chi connectivity index (χ0n) is 10.5. The number of halogens is 2. The number of hydrogen-bond acceptors (Lipinski definition) is 4. The normalized spacial score (nSPS) is 10.7. The fourth-order valence-electron chi connectivity index (χ4n) is 1.33. The average Bonchev–Trinajstić information content (AvgIpc) is 2.33. The quantitative estimate of drug-likeness (QED) is 0.553. The highest BCUT2D eigenvalue weighted by atomic mass is 79.9. The van der Waals surface area contributed by atoms with E-state index in [1.54, 1.807) is 7.11 Å². The molecule has 1 rings (SSSR count). The van der Waals surface area contributed by atoms with E-state index in [2.05, 4.69) is 37.3 Å². The summed E-state index contributed by atoms with van der Waals surface area (Å²) in [7, 11) is 1.64. The Morgan fingerprint density at radius 3 is 2.39 bits per heavy atom. The van der Waals surface area contributed by atoms with Gasteiger partial charge in [-0.1, -0.05) is 0 Å². The highest BCUT2D eigenvalue weighted by molar-refractivity contribution is 9.11. The molecule has 0 radical (unpaired) electrons. The van der Waals surface area contributed by atoms with E-state index in [9.17, 15) is 0 Å². The molecule has 1 N–H and O–H groups in total. The maximum Gasteiger partial charge on any atom is 0.147 e. The van der Waals surface area contributed by atoms with E-state index in [0.717, 1.165) is 20.3 Å². The highest BCUT2D eigenvalue weighted by Crippen LogP contribution is 2.34. The van der Waals surface area contributed by atoms with Crippen LogP contribution in [0.1, 0.15) is 12.5 Å². The summed E-state index contributed by atoms with van der Waals surface area (Å²) in [5, 5.41) is 0. The topological polar surface area (TPSA) is 39.7 Å². The van der Waals surface area contributed by atoms with Gasteiger partial charge in [0, 0.05) is 13.7 Å². The number of nitrogens with one attached hydrogen (secondary N) is 1. The third-order valence-electron chi connectivity index (χ3n) is 2.11. The first-order valence-electron chi connectivity index (χ1n) is 5.63. The molecule has 0 spiro atoms. The number of hydrogen-bond donors (Lipinski definition) is 1. The van der Waals surface area contributed by atoms with Crippen molar-refractivity contribution in [2.24, 2.45) is 0 Å². The van der Waals surface area contributed by atoms with Crippen LogP contribution >= 0.6 is 31.9 Å². The van der Waals surface area contributed by atoms with Crippen LogP contribution in [0.5, 0.6) is 5.75 Å². The molecule has 0 aliphatic rings. The first-order valence-corrected chi connectivity index (χ1v) is 7.22. The first kappa shape index (κ1) is 15.9. The Hall–Kier alpha value is -0.140. The molecule has 0 saturated heterocycles. The van der Waals surface area contributed by atoms with Crippen LogP contribution in [0.2, 0.25) is 0 Å². The molecule has 0 aliphatic heterocycles. The Morgan fingerprint density at radius 2 is 1.83 bits per heavy atom. The van der Waals surface area contributed by atoms with Crippen molar-refractivity contribution in [3.8, 4) is 5.75 Å². The van der Waals surface area contributed by atoms with Crippen molar-refractivity contribution < 1.29 is 14.3 Å². The minimum absolute atomic E-state index is 0.524. The van der Waals surface area contributed by atoms with Gasteiger partial charge in [-0.3, -0.25) is 4.84 Å². The molecule has 0 atom stereocenters. The van der Waals surface area contributed by atoms with Gasteiger partial charge in [0.15, 0.2) is 0 Å². The Morgan fingerprint density at radius 1 is 1.17 bits per heavy atom. The van der Waals surface area contributed by atoms with Gasteiger partial charge in [-0.25, -0.2) is 0 Å². The molecule has 0 bridgehead atoms. The molecular formula is C12H17Br2NO3. The van der Waals surface area contributed by atoms with Gasteiger partial charge in [-0.15, -0.1) is 0 Å². The molecular weight excluding hydrogens is 366 g/mol. The van der Waals surface area contributed by atoms with Crippen molar-refractivity contribution in [3.05, 3.63) is 26.6 Å². The van der Waals surface area contributed by atoms with E-state index in [4.69, 9.17) is 14.3 Å². The first-order chi connectivity index (χ1) is 8.69. The lowest BCUT2D eigenvalue weighted by atomic mass is 10.2. The molecule has 0 fully saturated rings. The summed E-state index contributed by atoms with van der Waals surface area (Å²) in [4.78, 5) is 5.20. The van der Waals surface area contributed by atoms with Gasteiger partial charge < -0.3 is 9.47 Å². The molecule has 0 heterocycles. The van der Waals surface area contributed by atoms with E-state index >= 15 is 0 Å². The summed E-state index contributed by atoms with van der Waals surface area (Å²) >= 11 is 6.98. The van der Waals surface area contributed by atoms with Gasteiger partial charge in [-0.2, -0.15) is 5.48 Å². The largest absolute Gasteiger partial charge is 0.492 e. The summed E-state index contributed by atoms with van der Waals surface area (Å²) in [5.74, 6) is 0.821. The second-order valence-electron chi connectivity index (χ2n) is 3.48. The Balaban J connectivity index is 2.52. The molecule has 0 amide bonds. The van der Waals surface area contributed by atoms with Crippen LogP contribution in [0.3, 0.4) is 0 Å². The number of rotatable bonds is 8. The Labute approximate surface area is 124 Å². The van der Waals surface area contributed by atoms with Crippen LogP contribution < -0.4 is 10.2 Å². The summed E-state index contributed by atoms with van der Waals surface area (Å²) in [6.45, 7) is 4.31. The van der Waals surface area contributed by atoms with Crippen molar-refractivity contribution in [2.45, 2.75) is 13.5 Å². The Bertz CT molecular complexity index is 351. The zero-order chi connectivity index (χ0) is 13.4. The SMILES string of the molecule is CCOc1c(Br)cc(CNOCCOC)cc1Br. The molecule has 0 saturated carbocycles. The van der Waals surface area contributed by atoms with Crippen LogP contribution in [-0.4, -0.2) is 26.9 Å². The van der Waals surface area contributed by atoms with Crippen LogP contribution in [0, 0.1) is 0 Å². The third-order valence-corrected chi connectivity index (χ3v) is 3.29. The van der Waals surface area contributed by atoms with E-state index in [0.29, 0.717) is 26.4 Å². The van der Waals surface area contributed by atoms with Crippen LogP contribution in [0.4, 0.5) is 0 Å². The standard InChI is InChI=1S/C12H17Br2NO3/c1-3-17-12-10(13)6-9(7-11(12)14)8-15-18-5-4-16-2/h6-7,15H,3-5,8H2,1-2H3. The number of hydroxylamine groups is 1. The molecule has 6 heteroatoms. The van der Waals surface area contributed by atoms with Gasteiger partial charge in [0.05, 0.1) is 28.8 Å². The fourth-order valence-corrected chi connectivity index (χ4v) is 2.84. The van der Waals surface area contributed by atoms with Gasteiger partial charge in [-0.05, 0) is 56.5 Å². The van der Waals surface area contributed by atoms with E-state index < -0.39 is 0 Å². The van der Waals surface area contributed by atoms with Gasteiger partial charge >= 0.3 is 0 Å². The summed E-state index contributed by atoms with van der Waals surface area (Å²) in [6.07, 6.45) is 0. The molecule has 0 aliphatic carbocycles. The minimum atomic E-state index is 0.524. The van der Waals surface area contributed by atoms with Crippen molar-refractivity contribution in [2.75, 3.05) is 26.9 Å². The molecule has 0 aromatic heterocycles. The molecule has 4 nitrogen and oxygen atoms in total. The van der Waals surface area contributed by atoms with Crippen LogP contribution in [0.15, 0.2) is 21.1 Å². The number of ether oxygens (including phenoxy) is 2. The highest BCUT2D eigenvalue weighted by Gasteiger charge is 2.08. The smallest absolute Gasteiger partial charge is 0.147 e. The van der Waals surface area contributed by atoms with Crippen LogP contribution in [0.25, 0.3) is 0 Å². The summed E-state index contributed by atoms with van der Waals surface area (Å²) < 4.78 is 12.2. The molecule has 1 aromatic rings. The van der Waals surface area contributed by atoms with Crippen molar-refractivity contribution in [3.63, 3.8) is 0 Å². The van der Waals surface area contributed by atoms with Gasteiger partial charge in [0.2, 0.25) is 0 Å². The predicted molar refractivity (Wildman–Crippen MR) is 77.7 cm³/mol. The summed E-state index contributed by atoms with van der Waals surface area (Å²) in [5.41, 5.74) is 3.97. The maximum atomic E-state index is 5.52. The average molecular weight is 383 g/mol. The van der Waals surface area contributed by atoms with E-state index in [1.807, 2.05) is 19.1 Å².